The molecule has 0 fully saturated rings. The van der Waals surface area contributed by atoms with Crippen molar-refractivity contribution < 1.29 is 34.1 Å². The molecule has 3 atom stereocenters. The summed E-state index contributed by atoms with van der Waals surface area (Å²) in [6, 6.07) is 3.65. The number of Topliss-reactive ketones (excluding diaryl/α,β-unsaturated/α-hetero) is 2. The van der Waals surface area contributed by atoms with Gasteiger partial charge in [-0.1, -0.05) is 20.8 Å². The number of nitrogens with two attached hydrogens (primary N) is 1. The molecule has 2 aromatic rings. The van der Waals surface area contributed by atoms with Crippen LogP contribution in [0.15, 0.2) is 51.7 Å². The fraction of sp³-hybridized carbons (Fsp3) is 0.414. The van der Waals surface area contributed by atoms with Crippen molar-refractivity contribution in [3.05, 3.63) is 64.0 Å². The number of fused-ring (bicyclic) bond motifs is 3. The highest BCUT2D eigenvalue weighted by atomic mass is 16.3. The number of furan rings is 1. The molecule has 6 N–H and O–H groups in total. The lowest BCUT2D eigenvalue weighted by atomic mass is 9.62. The summed E-state index contributed by atoms with van der Waals surface area (Å²) < 4.78 is 5.31. The summed E-state index contributed by atoms with van der Waals surface area (Å²) in [5.41, 5.74) is 7.66. The number of hydrogen-bond donors (Lipinski definition) is 5. The predicted molar refractivity (Wildman–Crippen MR) is 138 cm³/mol. The Morgan fingerprint density at radius 2 is 1.92 bits per heavy atom. The van der Waals surface area contributed by atoms with Crippen molar-refractivity contribution in [1.29, 1.82) is 0 Å². The number of ketones is 2. The molecule has 1 amide bonds. The van der Waals surface area contributed by atoms with E-state index in [2.05, 4.69) is 26.1 Å². The molecule has 1 aromatic carbocycles. The first-order valence-electron chi connectivity index (χ1n) is 12.7. The van der Waals surface area contributed by atoms with Crippen molar-refractivity contribution in [2.75, 3.05) is 6.54 Å². The van der Waals surface area contributed by atoms with E-state index in [1.807, 2.05) is 6.07 Å². The van der Waals surface area contributed by atoms with Gasteiger partial charge >= 0.3 is 0 Å². The first kappa shape index (κ1) is 25.8. The monoisotopic (exact) mass is 520 g/mol. The molecule has 0 spiro atoms. The molecule has 9 nitrogen and oxygen atoms in total. The molecule has 0 saturated carbocycles. The Kier molecular flexibility index (Phi) is 6.22. The lowest BCUT2D eigenvalue weighted by Crippen LogP contribution is -2.43. The minimum Gasteiger partial charge on any atom is -0.511 e. The number of carbonyl (C=O) groups is 3. The highest BCUT2D eigenvalue weighted by Crippen LogP contribution is 2.51. The maximum Gasteiger partial charge on any atom is 0.255 e. The van der Waals surface area contributed by atoms with E-state index in [0.29, 0.717) is 37.1 Å². The molecule has 1 heterocycles. The van der Waals surface area contributed by atoms with Gasteiger partial charge in [-0.25, -0.2) is 0 Å². The van der Waals surface area contributed by atoms with E-state index in [4.69, 9.17) is 10.2 Å². The largest absolute Gasteiger partial charge is 0.511 e. The van der Waals surface area contributed by atoms with Gasteiger partial charge in [0, 0.05) is 36.2 Å². The van der Waals surface area contributed by atoms with E-state index in [0.717, 1.165) is 11.1 Å². The second-order valence-corrected chi connectivity index (χ2v) is 11.7. The van der Waals surface area contributed by atoms with Crippen LogP contribution in [0.25, 0.3) is 11.1 Å². The average Bonchev–Trinajstić information content (AvgIpc) is 3.33. The van der Waals surface area contributed by atoms with Crippen molar-refractivity contribution in [1.82, 2.24) is 5.32 Å². The molecule has 0 aliphatic heterocycles. The molecular weight excluding hydrogens is 488 g/mol. The van der Waals surface area contributed by atoms with Crippen molar-refractivity contribution in [3.8, 4) is 16.9 Å². The fourth-order valence-corrected chi connectivity index (χ4v) is 6.15. The van der Waals surface area contributed by atoms with Crippen LogP contribution in [0.4, 0.5) is 0 Å². The van der Waals surface area contributed by atoms with Gasteiger partial charge in [-0.2, -0.15) is 0 Å². The first-order valence-corrected chi connectivity index (χ1v) is 12.7. The zero-order chi connectivity index (χ0) is 27.5. The van der Waals surface area contributed by atoms with E-state index in [9.17, 15) is 29.7 Å². The SMILES string of the molecule is CC(C)(C)CNCc1cc(-c2ccoc2)c2c(c1O)C(=O)C1=C(O)C3C(=O)C(C(N)=O)=C(O)C[C@@H]3C[C@@H]1C2. The van der Waals surface area contributed by atoms with Gasteiger partial charge in [0.2, 0.25) is 0 Å². The van der Waals surface area contributed by atoms with Crippen LogP contribution in [0.1, 0.15) is 55.1 Å². The lowest BCUT2D eigenvalue weighted by molar-refractivity contribution is -0.126. The molecule has 0 bridgehead atoms. The summed E-state index contributed by atoms with van der Waals surface area (Å²) in [4.78, 5) is 38.9. The Bertz CT molecular complexity index is 1410. The number of allylic oxidation sites excluding steroid dienone is 3. The number of rotatable bonds is 5. The standard InChI is InChI=1S/C29H32N2O7/c1-29(2,3)12-31-10-16-8-17(13-4-5-38-11-13)18-7-14-6-15-9-19(32)23(28(30)37)27(36)21(15)25(34)20(14)26(35)22(18)24(16)33/h4-5,8,11,14-15,21,31-34H,6-7,9-10,12H2,1-3H3,(H2,30,37)/t14-,15+,21?/m1/s1. The molecule has 3 aliphatic rings. The fourth-order valence-electron chi connectivity index (χ4n) is 6.15. The molecule has 1 unspecified atom stereocenters. The molecule has 0 saturated heterocycles. The minimum absolute atomic E-state index is 0.00178. The van der Waals surface area contributed by atoms with Crippen LogP contribution in [0, 0.1) is 23.2 Å². The molecule has 1 aromatic heterocycles. The van der Waals surface area contributed by atoms with Crippen LogP contribution in [-0.2, 0) is 22.6 Å². The minimum atomic E-state index is -1.14. The summed E-state index contributed by atoms with van der Waals surface area (Å²) in [5.74, 6) is -5.40. The number of aliphatic hydroxyl groups excluding tert-OH is 2. The number of nitrogens with one attached hydrogen (secondary N) is 1. The molecule has 3 aliphatic carbocycles. The van der Waals surface area contributed by atoms with Crippen LogP contribution in [0.5, 0.6) is 5.75 Å². The Hall–Kier alpha value is -3.85. The Morgan fingerprint density at radius 3 is 2.55 bits per heavy atom. The summed E-state index contributed by atoms with van der Waals surface area (Å²) in [6.07, 6.45) is 3.81. The van der Waals surface area contributed by atoms with Crippen molar-refractivity contribution in [2.45, 2.75) is 46.6 Å². The number of phenolic OH excluding ortho intramolecular Hbond substituents is 1. The van der Waals surface area contributed by atoms with Crippen molar-refractivity contribution in [2.24, 2.45) is 28.9 Å². The summed E-state index contributed by atoms with van der Waals surface area (Å²) >= 11 is 0. The van der Waals surface area contributed by atoms with Crippen LogP contribution in [0.2, 0.25) is 0 Å². The van der Waals surface area contributed by atoms with Gasteiger partial charge in [0.15, 0.2) is 11.6 Å². The number of carbonyl (C=O) groups excluding carboxylic acids is 3. The highest BCUT2D eigenvalue weighted by molar-refractivity contribution is 6.22. The third-order valence-electron chi connectivity index (χ3n) is 7.77. The zero-order valence-corrected chi connectivity index (χ0v) is 21.6. The zero-order valence-electron chi connectivity index (χ0n) is 21.6. The third-order valence-corrected chi connectivity index (χ3v) is 7.77. The topological polar surface area (TPSA) is 163 Å². The Morgan fingerprint density at radius 1 is 1.18 bits per heavy atom. The summed E-state index contributed by atoms with van der Waals surface area (Å²) in [6.45, 7) is 7.26. The number of amides is 1. The number of hydrogen-bond acceptors (Lipinski definition) is 8. The van der Waals surface area contributed by atoms with Gasteiger partial charge in [0.1, 0.15) is 22.8 Å². The van der Waals surface area contributed by atoms with E-state index in [1.165, 1.54) is 6.26 Å². The lowest BCUT2D eigenvalue weighted by Gasteiger charge is -2.41. The number of aromatic hydroxyl groups is 1. The second-order valence-electron chi connectivity index (χ2n) is 11.7. The van der Waals surface area contributed by atoms with Gasteiger partial charge in [-0.3, -0.25) is 14.4 Å². The summed E-state index contributed by atoms with van der Waals surface area (Å²) in [7, 11) is 0. The van der Waals surface area contributed by atoms with Gasteiger partial charge in [-0.15, -0.1) is 0 Å². The number of primary amides is 1. The van der Waals surface area contributed by atoms with Crippen molar-refractivity contribution >= 4 is 17.5 Å². The number of aliphatic hydroxyl groups is 2. The third kappa shape index (κ3) is 4.20. The number of benzene rings is 1. The van der Waals surface area contributed by atoms with Crippen LogP contribution < -0.4 is 11.1 Å². The van der Waals surface area contributed by atoms with Crippen molar-refractivity contribution in [3.63, 3.8) is 0 Å². The van der Waals surface area contributed by atoms with Gasteiger partial charge in [0.05, 0.1) is 24.0 Å². The van der Waals surface area contributed by atoms with E-state index >= 15 is 0 Å². The van der Waals surface area contributed by atoms with E-state index in [-0.39, 0.29) is 34.5 Å². The van der Waals surface area contributed by atoms with Gasteiger partial charge < -0.3 is 30.8 Å². The predicted octanol–water partition coefficient (Wildman–Crippen LogP) is 3.86. The molecule has 5 rings (SSSR count). The average molecular weight is 521 g/mol. The normalized spacial score (nSPS) is 23.3. The Labute approximate surface area is 220 Å². The number of phenols is 1. The molecule has 9 heteroatoms. The molecule has 0 radical (unpaired) electrons. The summed E-state index contributed by atoms with van der Waals surface area (Å²) in [5, 5.41) is 36.3. The van der Waals surface area contributed by atoms with Crippen LogP contribution in [0.3, 0.4) is 0 Å². The quantitative estimate of drug-likeness (QED) is 0.371. The van der Waals surface area contributed by atoms with Gasteiger partial charge in [0.25, 0.3) is 5.91 Å². The van der Waals surface area contributed by atoms with Gasteiger partial charge in [-0.05, 0) is 53.4 Å². The second kappa shape index (κ2) is 9.16. The van der Waals surface area contributed by atoms with E-state index < -0.39 is 46.6 Å². The molecular formula is C29H32N2O7. The van der Waals surface area contributed by atoms with Crippen LogP contribution in [-0.4, -0.2) is 39.3 Å². The highest BCUT2D eigenvalue weighted by Gasteiger charge is 2.50. The molecule has 38 heavy (non-hydrogen) atoms. The smallest absolute Gasteiger partial charge is 0.255 e. The maximum atomic E-state index is 14.0. The van der Waals surface area contributed by atoms with E-state index in [1.54, 1.807) is 12.3 Å². The maximum absolute atomic E-state index is 14.0. The molecule has 200 valence electrons. The van der Waals surface area contributed by atoms with Crippen LogP contribution >= 0.6 is 0 Å². The Balaban J connectivity index is 1.62. The first-order chi connectivity index (χ1) is 17.9.